The smallest absolute Gasteiger partial charge is 0.410 e. The molecule has 0 unspecified atom stereocenters. The Balaban J connectivity index is 1.67. The number of carbonyl (C=O) groups excluding carboxylic acids is 1. The van der Waals surface area contributed by atoms with Crippen LogP contribution in [0.3, 0.4) is 0 Å². The Bertz CT molecular complexity index is 481. The van der Waals surface area contributed by atoms with Crippen LogP contribution in [0.1, 0.15) is 45.6 Å². The molecule has 23 heavy (non-hydrogen) atoms. The lowest BCUT2D eigenvalue weighted by molar-refractivity contribution is 0.0105. The second-order valence-electron chi connectivity index (χ2n) is 7.13. The second kappa shape index (κ2) is 8.34. The predicted octanol–water partition coefficient (Wildman–Crippen LogP) is 4.04. The number of nitrogens with zero attached hydrogens (tertiary/aromatic N) is 1. The van der Waals surface area contributed by atoms with Crippen molar-refractivity contribution in [3.8, 4) is 0 Å². The zero-order valence-electron chi connectivity index (χ0n) is 14.6. The molecule has 1 aliphatic heterocycles. The molecular formula is C19H29NO3. The highest BCUT2D eigenvalue weighted by Crippen LogP contribution is 2.21. The highest BCUT2D eigenvalue weighted by molar-refractivity contribution is 5.68. The van der Waals surface area contributed by atoms with Gasteiger partial charge in [-0.3, -0.25) is 0 Å². The lowest BCUT2D eigenvalue weighted by atomic mass is 10.1. The van der Waals surface area contributed by atoms with Gasteiger partial charge in [-0.2, -0.15) is 0 Å². The van der Waals surface area contributed by atoms with Gasteiger partial charge in [-0.25, -0.2) is 4.79 Å². The number of benzene rings is 1. The molecule has 1 atom stereocenters. The molecule has 1 fully saturated rings. The Morgan fingerprint density at radius 1 is 1.26 bits per heavy atom. The first kappa shape index (κ1) is 17.8. The Kier molecular flexibility index (Phi) is 6.46. The molecule has 1 aromatic carbocycles. The lowest BCUT2D eigenvalue weighted by Crippen LogP contribution is -2.41. The number of carbonyl (C=O) groups is 1. The van der Waals surface area contributed by atoms with E-state index >= 15 is 0 Å². The minimum atomic E-state index is -0.444. The summed E-state index contributed by atoms with van der Waals surface area (Å²) in [6.45, 7) is 7.80. The normalized spacial score (nSPS) is 18.2. The van der Waals surface area contributed by atoms with E-state index in [2.05, 4.69) is 24.3 Å². The maximum Gasteiger partial charge on any atom is 0.410 e. The highest BCUT2D eigenvalue weighted by Gasteiger charge is 2.32. The molecule has 0 N–H and O–H groups in total. The van der Waals surface area contributed by atoms with Gasteiger partial charge in [0, 0.05) is 13.2 Å². The molecule has 0 bridgehead atoms. The molecule has 1 aliphatic rings. The Morgan fingerprint density at radius 3 is 2.70 bits per heavy atom. The first-order valence-corrected chi connectivity index (χ1v) is 8.57. The van der Waals surface area contributed by atoms with Crippen molar-refractivity contribution in [1.82, 2.24) is 4.90 Å². The van der Waals surface area contributed by atoms with Crippen LogP contribution in [-0.2, 0) is 15.9 Å². The average molecular weight is 319 g/mol. The van der Waals surface area contributed by atoms with Crippen LogP contribution in [0.15, 0.2) is 30.3 Å². The first-order chi connectivity index (χ1) is 11.0. The fraction of sp³-hybridized carbons (Fsp3) is 0.632. The van der Waals surface area contributed by atoms with Gasteiger partial charge in [0.05, 0.1) is 12.6 Å². The molecule has 0 radical (unpaired) electrons. The van der Waals surface area contributed by atoms with Crippen molar-refractivity contribution in [3.05, 3.63) is 35.9 Å². The molecule has 1 saturated heterocycles. The zero-order valence-corrected chi connectivity index (χ0v) is 14.6. The maximum atomic E-state index is 12.2. The molecule has 4 nitrogen and oxygen atoms in total. The van der Waals surface area contributed by atoms with Crippen LogP contribution < -0.4 is 0 Å². The van der Waals surface area contributed by atoms with Crippen LogP contribution >= 0.6 is 0 Å². The summed E-state index contributed by atoms with van der Waals surface area (Å²) < 4.78 is 11.3. The van der Waals surface area contributed by atoms with Crippen molar-refractivity contribution < 1.29 is 14.3 Å². The monoisotopic (exact) mass is 319 g/mol. The summed E-state index contributed by atoms with van der Waals surface area (Å²) in [5.74, 6) is 0. The van der Waals surface area contributed by atoms with Crippen LogP contribution in [0.2, 0.25) is 0 Å². The summed E-state index contributed by atoms with van der Waals surface area (Å²) in [6, 6.07) is 10.6. The lowest BCUT2D eigenvalue weighted by Gasteiger charge is -2.28. The predicted molar refractivity (Wildman–Crippen MR) is 91.5 cm³/mol. The maximum absolute atomic E-state index is 12.2. The molecule has 4 heteroatoms. The molecule has 0 aromatic heterocycles. The zero-order chi connectivity index (χ0) is 16.7. The molecule has 0 spiro atoms. The van der Waals surface area contributed by atoms with Gasteiger partial charge in [0.15, 0.2) is 0 Å². The molecule has 1 heterocycles. The Labute approximate surface area is 139 Å². The van der Waals surface area contributed by atoms with Gasteiger partial charge < -0.3 is 14.4 Å². The summed E-state index contributed by atoms with van der Waals surface area (Å²) in [4.78, 5) is 14.0. The second-order valence-corrected chi connectivity index (χ2v) is 7.13. The van der Waals surface area contributed by atoms with Gasteiger partial charge in [0.2, 0.25) is 0 Å². The van der Waals surface area contributed by atoms with E-state index < -0.39 is 5.60 Å². The summed E-state index contributed by atoms with van der Waals surface area (Å²) in [7, 11) is 0. The van der Waals surface area contributed by atoms with Gasteiger partial charge in [-0.15, -0.1) is 0 Å². The molecule has 2 rings (SSSR count). The number of likely N-dealkylation sites (tertiary alicyclic amines) is 1. The highest BCUT2D eigenvalue weighted by atomic mass is 16.6. The number of rotatable bonds is 6. The van der Waals surface area contributed by atoms with Crippen LogP contribution in [-0.4, -0.2) is 42.4 Å². The van der Waals surface area contributed by atoms with Crippen molar-refractivity contribution in [2.24, 2.45) is 0 Å². The summed E-state index contributed by atoms with van der Waals surface area (Å²) in [6.07, 6.45) is 3.84. The molecule has 0 aliphatic carbocycles. The van der Waals surface area contributed by atoms with Crippen molar-refractivity contribution in [1.29, 1.82) is 0 Å². The number of hydrogen-bond donors (Lipinski definition) is 0. The van der Waals surface area contributed by atoms with Gasteiger partial charge in [0.1, 0.15) is 5.60 Å². The number of amides is 1. The van der Waals surface area contributed by atoms with E-state index in [-0.39, 0.29) is 12.1 Å². The topological polar surface area (TPSA) is 38.8 Å². The van der Waals surface area contributed by atoms with E-state index in [1.807, 2.05) is 31.7 Å². The Morgan fingerprint density at radius 2 is 2.00 bits per heavy atom. The number of aryl methyl sites for hydroxylation is 1. The van der Waals surface area contributed by atoms with Crippen molar-refractivity contribution in [3.63, 3.8) is 0 Å². The fourth-order valence-corrected chi connectivity index (χ4v) is 2.81. The van der Waals surface area contributed by atoms with Crippen LogP contribution in [0.25, 0.3) is 0 Å². The van der Waals surface area contributed by atoms with Gasteiger partial charge >= 0.3 is 6.09 Å². The third-order valence-corrected chi connectivity index (χ3v) is 3.91. The largest absolute Gasteiger partial charge is 0.444 e. The minimum Gasteiger partial charge on any atom is -0.444 e. The van der Waals surface area contributed by atoms with Gasteiger partial charge in [-0.1, -0.05) is 30.3 Å². The molecule has 0 saturated carbocycles. The summed E-state index contributed by atoms with van der Waals surface area (Å²) in [5, 5.41) is 0. The molecule has 1 aromatic rings. The number of ether oxygens (including phenoxy) is 2. The summed E-state index contributed by atoms with van der Waals surface area (Å²) in [5.41, 5.74) is 0.896. The Hall–Kier alpha value is -1.55. The number of hydrogen-bond acceptors (Lipinski definition) is 3. The fourth-order valence-electron chi connectivity index (χ4n) is 2.81. The SMILES string of the molecule is CC(C)(C)OC(=O)N1CCC[C@H]1COCCCc1ccccc1. The van der Waals surface area contributed by atoms with Gasteiger partial charge in [0.25, 0.3) is 0 Å². The van der Waals surface area contributed by atoms with E-state index in [0.717, 1.165) is 38.8 Å². The third kappa shape index (κ3) is 6.22. The van der Waals surface area contributed by atoms with Crippen LogP contribution in [0.5, 0.6) is 0 Å². The standard InChI is InChI=1S/C19H29NO3/c1-19(2,3)23-18(21)20-13-7-12-17(20)15-22-14-8-11-16-9-5-4-6-10-16/h4-6,9-10,17H,7-8,11-15H2,1-3H3/t17-/m0/s1. The van der Waals surface area contributed by atoms with Crippen molar-refractivity contribution in [2.45, 2.75) is 58.1 Å². The van der Waals surface area contributed by atoms with E-state index in [1.165, 1.54) is 5.56 Å². The van der Waals surface area contributed by atoms with E-state index in [1.54, 1.807) is 0 Å². The molecular weight excluding hydrogens is 290 g/mol. The quantitative estimate of drug-likeness (QED) is 0.743. The average Bonchev–Trinajstić information content (AvgIpc) is 2.95. The van der Waals surface area contributed by atoms with Crippen molar-refractivity contribution in [2.75, 3.05) is 19.8 Å². The van der Waals surface area contributed by atoms with E-state index in [0.29, 0.717) is 6.61 Å². The minimum absolute atomic E-state index is 0.154. The first-order valence-electron chi connectivity index (χ1n) is 8.57. The van der Waals surface area contributed by atoms with E-state index in [4.69, 9.17) is 9.47 Å². The van der Waals surface area contributed by atoms with Crippen LogP contribution in [0.4, 0.5) is 4.79 Å². The molecule has 128 valence electrons. The van der Waals surface area contributed by atoms with Gasteiger partial charge in [-0.05, 0) is 52.0 Å². The summed E-state index contributed by atoms with van der Waals surface area (Å²) >= 11 is 0. The van der Waals surface area contributed by atoms with E-state index in [9.17, 15) is 4.79 Å². The molecule has 1 amide bonds. The van der Waals surface area contributed by atoms with Crippen molar-refractivity contribution >= 4 is 6.09 Å². The van der Waals surface area contributed by atoms with Crippen LogP contribution in [0, 0.1) is 0 Å². The third-order valence-electron chi connectivity index (χ3n) is 3.91.